The van der Waals surface area contributed by atoms with E-state index < -0.39 is 0 Å². The van der Waals surface area contributed by atoms with E-state index in [0.29, 0.717) is 0 Å². The molecule has 2 heterocycles. The van der Waals surface area contributed by atoms with Crippen LogP contribution >= 0.6 is 9.24 Å². The molecule has 0 aliphatic carbocycles. The second-order valence-corrected chi connectivity index (χ2v) is 8.91. The van der Waals surface area contributed by atoms with Crippen LogP contribution in [0.15, 0.2) is 116 Å². The second-order valence-electron chi connectivity index (χ2n) is 8.25. The van der Waals surface area contributed by atoms with Gasteiger partial charge in [-0.05, 0) is 63.1 Å². The monoisotopic (exact) mass is 440 g/mol. The summed E-state index contributed by atoms with van der Waals surface area (Å²) in [7, 11) is 2.73. The van der Waals surface area contributed by atoms with Gasteiger partial charge in [-0.1, -0.05) is 72.8 Å². The van der Waals surface area contributed by atoms with Gasteiger partial charge in [0.2, 0.25) is 0 Å². The summed E-state index contributed by atoms with van der Waals surface area (Å²) in [5.41, 5.74) is 7.69. The van der Waals surface area contributed by atoms with Gasteiger partial charge in [-0.2, -0.15) is 0 Å². The fraction of sp³-hybridized carbons (Fsp3) is 0. The molecule has 4 aromatic carbocycles. The number of pyridine rings is 2. The summed E-state index contributed by atoms with van der Waals surface area (Å²) in [5.74, 6) is 0. The van der Waals surface area contributed by atoms with Crippen molar-refractivity contribution in [1.29, 1.82) is 0 Å². The minimum Gasteiger partial charge on any atom is -0.256 e. The summed E-state index contributed by atoms with van der Waals surface area (Å²) in [6.07, 6.45) is 3.84. The largest absolute Gasteiger partial charge is 0.256 e. The highest BCUT2D eigenvalue weighted by Crippen LogP contribution is 2.29. The molecule has 0 aliphatic rings. The molecule has 0 saturated carbocycles. The highest BCUT2D eigenvalue weighted by atomic mass is 31.0. The number of nitrogens with zero attached hydrogens (tertiary/aromatic N) is 2. The van der Waals surface area contributed by atoms with Gasteiger partial charge < -0.3 is 0 Å². The first-order valence-electron chi connectivity index (χ1n) is 10.9. The Kier molecular flexibility index (Phi) is 4.94. The van der Waals surface area contributed by atoms with Crippen LogP contribution in [0.25, 0.3) is 55.2 Å². The SMILES string of the molecule is Pc1ccc(-c2ccc3cc(-c4ccc(-c5cnc6ccccc6c5)nc4)ccc3c2)cc1. The first kappa shape index (κ1) is 19.8. The summed E-state index contributed by atoms with van der Waals surface area (Å²) in [6.45, 7) is 0. The first-order valence-corrected chi connectivity index (χ1v) is 11.5. The molecule has 0 spiro atoms. The standard InChI is InChI=1S/C30H21N2P/c33-28-12-9-20(10-13-28)21-5-6-23-16-24(8-7-22(23)15-21)26-11-14-30(31-18-26)27-17-25-3-1-2-4-29(25)32-19-27/h1-19H,33H2. The molecular formula is C30H21N2P. The van der Waals surface area contributed by atoms with Crippen molar-refractivity contribution in [2.24, 2.45) is 0 Å². The zero-order valence-electron chi connectivity index (χ0n) is 17.9. The zero-order valence-corrected chi connectivity index (χ0v) is 19.1. The molecule has 1 atom stereocenters. The number of para-hydroxylation sites is 1. The molecule has 156 valence electrons. The van der Waals surface area contributed by atoms with E-state index in [1.807, 2.05) is 30.6 Å². The Balaban J connectivity index is 1.30. The molecule has 2 aromatic heterocycles. The average molecular weight is 440 g/mol. The van der Waals surface area contributed by atoms with Gasteiger partial charge in [0.1, 0.15) is 0 Å². The van der Waals surface area contributed by atoms with Crippen LogP contribution in [0.5, 0.6) is 0 Å². The third kappa shape index (κ3) is 3.91. The topological polar surface area (TPSA) is 25.8 Å². The van der Waals surface area contributed by atoms with Gasteiger partial charge >= 0.3 is 0 Å². The Morgan fingerprint density at radius 1 is 0.455 bits per heavy atom. The Labute approximate surface area is 195 Å². The number of hydrogen-bond donors (Lipinski definition) is 0. The fourth-order valence-electron chi connectivity index (χ4n) is 4.23. The molecule has 0 N–H and O–H groups in total. The third-order valence-electron chi connectivity index (χ3n) is 6.07. The van der Waals surface area contributed by atoms with Crippen LogP contribution in [0.4, 0.5) is 0 Å². The van der Waals surface area contributed by atoms with Crippen LogP contribution in [0.3, 0.4) is 0 Å². The summed E-state index contributed by atoms with van der Waals surface area (Å²) in [6, 6.07) is 36.3. The molecule has 6 rings (SSSR count). The van der Waals surface area contributed by atoms with Gasteiger partial charge in [0.05, 0.1) is 11.2 Å². The molecular weight excluding hydrogens is 419 g/mol. The van der Waals surface area contributed by atoms with E-state index in [-0.39, 0.29) is 0 Å². The zero-order chi connectivity index (χ0) is 22.2. The molecule has 6 aromatic rings. The molecule has 0 radical (unpaired) electrons. The maximum absolute atomic E-state index is 4.73. The highest BCUT2D eigenvalue weighted by molar-refractivity contribution is 7.27. The molecule has 0 amide bonds. The van der Waals surface area contributed by atoms with Crippen LogP contribution in [-0.2, 0) is 0 Å². The average Bonchev–Trinajstić information content (AvgIpc) is 2.88. The molecule has 3 heteroatoms. The lowest BCUT2D eigenvalue weighted by Crippen LogP contribution is -1.88. The maximum Gasteiger partial charge on any atom is 0.0718 e. The van der Waals surface area contributed by atoms with Gasteiger partial charge in [-0.3, -0.25) is 9.97 Å². The van der Waals surface area contributed by atoms with Crippen LogP contribution < -0.4 is 5.30 Å². The minimum absolute atomic E-state index is 0.930. The Morgan fingerprint density at radius 2 is 1.06 bits per heavy atom. The fourth-order valence-corrected chi connectivity index (χ4v) is 4.42. The third-order valence-corrected chi connectivity index (χ3v) is 6.45. The first-order chi connectivity index (χ1) is 16.2. The second kappa shape index (κ2) is 8.24. The Bertz CT molecular complexity index is 1600. The predicted octanol–water partition coefficient (Wildman–Crippen LogP) is 7.28. The molecule has 2 nitrogen and oxygen atoms in total. The van der Waals surface area contributed by atoms with Gasteiger partial charge in [0.15, 0.2) is 0 Å². The molecule has 33 heavy (non-hydrogen) atoms. The Morgan fingerprint density at radius 3 is 1.79 bits per heavy atom. The van der Waals surface area contributed by atoms with Gasteiger partial charge in [-0.25, -0.2) is 0 Å². The van der Waals surface area contributed by atoms with E-state index in [1.165, 1.54) is 32.8 Å². The van der Waals surface area contributed by atoms with Crippen LogP contribution in [0, 0.1) is 0 Å². The van der Waals surface area contributed by atoms with Crippen molar-refractivity contribution in [1.82, 2.24) is 9.97 Å². The van der Waals surface area contributed by atoms with Crippen molar-refractivity contribution in [2.45, 2.75) is 0 Å². The lowest BCUT2D eigenvalue weighted by Gasteiger charge is -2.08. The van der Waals surface area contributed by atoms with Gasteiger partial charge in [0, 0.05) is 28.9 Å². The van der Waals surface area contributed by atoms with Crippen LogP contribution in [-0.4, -0.2) is 9.97 Å². The molecule has 0 fully saturated rings. The van der Waals surface area contributed by atoms with Crippen LogP contribution in [0.2, 0.25) is 0 Å². The van der Waals surface area contributed by atoms with E-state index in [9.17, 15) is 0 Å². The van der Waals surface area contributed by atoms with Crippen molar-refractivity contribution < 1.29 is 0 Å². The molecule has 0 bridgehead atoms. The van der Waals surface area contributed by atoms with Crippen LogP contribution in [0.1, 0.15) is 0 Å². The summed E-state index contributed by atoms with van der Waals surface area (Å²) >= 11 is 0. The minimum atomic E-state index is 0.930. The number of benzene rings is 4. The Hall–Kier alpha value is -3.87. The van der Waals surface area contributed by atoms with Gasteiger partial charge in [0.25, 0.3) is 0 Å². The quantitative estimate of drug-likeness (QED) is 0.270. The van der Waals surface area contributed by atoms with Crippen molar-refractivity contribution in [3.8, 4) is 33.5 Å². The number of fused-ring (bicyclic) bond motifs is 2. The number of hydrogen-bond acceptors (Lipinski definition) is 2. The lowest BCUT2D eigenvalue weighted by molar-refractivity contribution is 1.31. The van der Waals surface area contributed by atoms with E-state index >= 15 is 0 Å². The number of aromatic nitrogens is 2. The van der Waals surface area contributed by atoms with Gasteiger partial charge in [-0.15, -0.1) is 9.24 Å². The predicted molar refractivity (Wildman–Crippen MR) is 143 cm³/mol. The molecule has 0 saturated heterocycles. The lowest BCUT2D eigenvalue weighted by atomic mass is 9.98. The normalized spacial score (nSPS) is 11.2. The maximum atomic E-state index is 4.73. The summed E-state index contributed by atoms with van der Waals surface area (Å²) < 4.78 is 0. The summed E-state index contributed by atoms with van der Waals surface area (Å²) in [4.78, 5) is 9.30. The summed E-state index contributed by atoms with van der Waals surface area (Å²) in [5, 5.41) is 4.78. The van der Waals surface area contributed by atoms with Crippen molar-refractivity contribution >= 4 is 36.2 Å². The smallest absolute Gasteiger partial charge is 0.0718 e. The van der Waals surface area contributed by atoms with E-state index in [2.05, 4.69) is 99.2 Å². The molecule has 0 aliphatic heterocycles. The molecule has 1 unspecified atom stereocenters. The van der Waals surface area contributed by atoms with Crippen molar-refractivity contribution in [2.75, 3.05) is 0 Å². The number of rotatable bonds is 3. The van der Waals surface area contributed by atoms with Crippen molar-refractivity contribution in [3.63, 3.8) is 0 Å². The van der Waals surface area contributed by atoms with E-state index in [1.54, 1.807) is 0 Å². The van der Waals surface area contributed by atoms with Crippen molar-refractivity contribution in [3.05, 3.63) is 116 Å². The highest BCUT2D eigenvalue weighted by Gasteiger charge is 2.06. The van der Waals surface area contributed by atoms with E-state index in [0.717, 1.165) is 27.7 Å². The van der Waals surface area contributed by atoms with E-state index in [4.69, 9.17) is 4.98 Å².